The Morgan fingerprint density at radius 3 is 2.22 bits per heavy atom. The number of nitrogens with two attached hydrogens (primary N) is 1. The minimum atomic E-state index is -4.48. The average Bonchev–Trinajstić information content (AvgIpc) is 2.48. The fourth-order valence-corrected chi connectivity index (χ4v) is 4.19. The van der Waals surface area contributed by atoms with Gasteiger partial charge in [0.15, 0.2) is 11.6 Å². The van der Waals surface area contributed by atoms with Crippen molar-refractivity contribution in [1.82, 2.24) is 0 Å². The number of fused-ring (bicyclic) bond motifs is 2. The SMILES string of the molecule is Nc1c(Br)cc2c(c1Br)C(=O)c1ccc(S(=O)(=O)O)cc1C2=O. The predicted octanol–water partition coefficient (Wildman–Crippen LogP) is 2.82. The van der Waals surface area contributed by atoms with Crippen molar-refractivity contribution in [3.05, 3.63) is 55.5 Å². The van der Waals surface area contributed by atoms with E-state index in [0.717, 1.165) is 12.1 Å². The number of carbonyl (C=O) groups is 2. The Bertz CT molecular complexity index is 1010. The highest BCUT2D eigenvalue weighted by molar-refractivity contribution is 9.11. The van der Waals surface area contributed by atoms with Crippen LogP contribution in [0.2, 0.25) is 0 Å². The molecule has 2 aromatic carbocycles. The van der Waals surface area contributed by atoms with Crippen LogP contribution in [0, 0.1) is 0 Å². The largest absolute Gasteiger partial charge is 0.397 e. The van der Waals surface area contributed by atoms with E-state index in [9.17, 15) is 18.0 Å². The summed E-state index contributed by atoms with van der Waals surface area (Å²) in [5.74, 6) is -0.982. The molecule has 3 rings (SSSR count). The summed E-state index contributed by atoms with van der Waals surface area (Å²) in [5.41, 5.74) is 6.32. The van der Waals surface area contributed by atoms with Crippen molar-refractivity contribution >= 4 is 59.2 Å². The number of hydrogen-bond donors (Lipinski definition) is 2. The molecule has 0 atom stereocenters. The van der Waals surface area contributed by atoms with Crippen LogP contribution >= 0.6 is 31.9 Å². The fourth-order valence-electron chi connectivity index (χ4n) is 2.38. The molecule has 0 aromatic heterocycles. The second kappa shape index (κ2) is 5.23. The molecule has 0 radical (unpaired) electrons. The van der Waals surface area contributed by atoms with E-state index in [1.54, 1.807) is 0 Å². The lowest BCUT2D eigenvalue weighted by Gasteiger charge is -2.20. The van der Waals surface area contributed by atoms with Crippen molar-refractivity contribution in [3.63, 3.8) is 0 Å². The van der Waals surface area contributed by atoms with Crippen molar-refractivity contribution in [2.45, 2.75) is 4.90 Å². The standard InChI is InChI=1S/C14H7Br2NO5S/c15-9-4-8-10(11(16)12(9)17)14(19)6-2-1-5(23(20,21)22)3-7(6)13(8)18/h1-4H,17H2,(H,20,21,22). The summed E-state index contributed by atoms with van der Waals surface area (Å²) in [7, 11) is -4.48. The molecule has 0 saturated carbocycles. The molecule has 0 spiro atoms. The molecular formula is C14H7Br2NO5S. The number of rotatable bonds is 1. The maximum atomic E-state index is 12.6. The van der Waals surface area contributed by atoms with Gasteiger partial charge in [-0.2, -0.15) is 8.42 Å². The minimum absolute atomic E-state index is 0.0531. The summed E-state index contributed by atoms with van der Waals surface area (Å²) in [5, 5.41) is 0. The average molecular weight is 461 g/mol. The van der Waals surface area contributed by atoms with Crippen molar-refractivity contribution in [1.29, 1.82) is 0 Å². The second-order valence-electron chi connectivity index (χ2n) is 4.85. The maximum Gasteiger partial charge on any atom is 0.294 e. The van der Waals surface area contributed by atoms with E-state index in [1.165, 1.54) is 12.1 Å². The highest BCUT2D eigenvalue weighted by atomic mass is 79.9. The molecule has 0 unspecified atom stereocenters. The number of nitrogen functional groups attached to an aromatic ring is 1. The maximum absolute atomic E-state index is 12.6. The van der Waals surface area contributed by atoms with Gasteiger partial charge in [0.2, 0.25) is 0 Å². The Hall–Kier alpha value is -1.55. The second-order valence-corrected chi connectivity index (χ2v) is 7.92. The van der Waals surface area contributed by atoms with E-state index < -0.39 is 26.6 Å². The van der Waals surface area contributed by atoms with Gasteiger partial charge in [-0.05, 0) is 56.1 Å². The van der Waals surface area contributed by atoms with Crippen LogP contribution in [0.25, 0.3) is 0 Å². The minimum Gasteiger partial charge on any atom is -0.397 e. The topological polar surface area (TPSA) is 115 Å². The molecule has 118 valence electrons. The summed E-state index contributed by atoms with van der Waals surface area (Å²) in [4.78, 5) is 24.8. The Kier molecular flexibility index (Phi) is 3.71. The first-order valence-electron chi connectivity index (χ1n) is 6.11. The van der Waals surface area contributed by atoms with E-state index in [4.69, 9.17) is 10.3 Å². The van der Waals surface area contributed by atoms with E-state index >= 15 is 0 Å². The molecule has 9 heteroatoms. The smallest absolute Gasteiger partial charge is 0.294 e. The number of anilines is 1. The van der Waals surface area contributed by atoms with Crippen LogP contribution in [0.3, 0.4) is 0 Å². The number of hydrogen-bond acceptors (Lipinski definition) is 5. The summed E-state index contributed by atoms with van der Waals surface area (Å²) >= 11 is 6.42. The first-order valence-corrected chi connectivity index (χ1v) is 9.14. The highest BCUT2D eigenvalue weighted by Crippen LogP contribution is 2.39. The normalized spacial score (nSPS) is 13.7. The van der Waals surface area contributed by atoms with Gasteiger partial charge in [0, 0.05) is 21.2 Å². The van der Waals surface area contributed by atoms with Gasteiger partial charge in [0.1, 0.15) is 0 Å². The number of halogens is 2. The molecule has 23 heavy (non-hydrogen) atoms. The predicted molar refractivity (Wildman–Crippen MR) is 89.4 cm³/mol. The zero-order valence-corrected chi connectivity index (χ0v) is 15.1. The van der Waals surface area contributed by atoms with Crippen molar-refractivity contribution < 1.29 is 22.6 Å². The molecule has 2 aromatic rings. The Labute approximate surface area is 147 Å². The van der Waals surface area contributed by atoms with Crippen LogP contribution in [-0.4, -0.2) is 24.5 Å². The zero-order chi connectivity index (χ0) is 17.1. The third kappa shape index (κ3) is 2.44. The molecule has 1 aliphatic carbocycles. The summed E-state index contributed by atoms with van der Waals surface area (Å²) in [6.07, 6.45) is 0. The summed E-state index contributed by atoms with van der Waals surface area (Å²) in [6.45, 7) is 0. The lowest BCUT2D eigenvalue weighted by molar-refractivity contribution is 0.0978. The van der Waals surface area contributed by atoms with Crippen LogP contribution in [-0.2, 0) is 10.1 Å². The van der Waals surface area contributed by atoms with Gasteiger partial charge in [-0.1, -0.05) is 0 Å². The molecule has 0 heterocycles. The van der Waals surface area contributed by atoms with Crippen LogP contribution < -0.4 is 5.73 Å². The van der Waals surface area contributed by atoms with Gasteiger partial charge < -0.3 is 5.73 Å². The van der Waals surface area contributed by atoms with E-state index in [0.29, 0.717) is 8.95 Å². The third-order valence-electron chi connectivity index (χ3n) is 3.50. The van der Waals surface area contributed by atoms with Crippen molar-refractivity contribution in [3.8, 4) is 0 Å². The van der Waals surface area contributed by atoms with Crippen LogP contribution in [0.4, 0.5) is 5.69 Å². The first-order chi connectivity index (χ1) is 10.6. The van der Waals surface area contributed by atoms with Crippen LogP contribution in [0.15, 0.2) is 38.1 Å². The van der Waals surface area contributed by atoms with Gasteiger partial charge in [0.05, 0.1) is 20.6 Å². The molecule has 0 aliphatic heterocycles. The van der Waals surface area contributed by atoms with E-state index in [2.05, 4.69) is 31.9 Å². The highest BCUT2D eigenvalue weighted by Gasteiger charge is 2.33. The zero-order valence-electron chi connectivity index (χ0n) is 11.1. The number of ketones is 2. The van der Waals surface area contributed by atoms with Crippen LogP contribution in [0.5, 0.6) is 0 Å². The summed E-state index contributed by atoms with van der Waals surface area (Å²) in [6, 6.07) is 4.68. The third-order valence-corrected chi connectivity index (χ3v) is 5.83. The molecule has 0 bridgehead atoms. The van der Waals surface area contributed by atoms with Gasteiger partial charge in [-0.15, -0.1) is 0 Å². The molecule has 3 N–H and O–H groups in total. The first kappa shape index (κ1) is 16.3. The van der Waals surface area contributed by atoms with Gasteiger partial charge in [-0.25, -0.2) is 0 Å². The Morgan fingerprint density at radius 1 is 0.957 bits per heavy atom. The van der Waals surface area contributed by atoms with Gasteiger partial charge in [0.25, 0.3) is 10.1 Å². The lowest BCUT2D eigenvalue weighted by atomic mass is 9.84. The van der Waals surface area contributed by atoms with E-state index in [-0.39, 0.29) is 27.9 Å². The molecule has 6 nitrogen and oxygen atoms in total. The molecule has 0 fully saturated rings. The Morgan fingerprint density at radius 2 is 1.61 bits per heavy atom. The quantitative estimate of drug-likeness (QED) is 0.426. The monoisotopic (exact) mass is 459 g/mol. The lowest BCUT2D eigenvalue weighted by Crippen LogP contribution is -2.22. The fraction of sp³-hybridized carbons (Fsp3) is 0. The van der Waals surface area contributed by atoms with Crippen molar-refractivity contribution in [2.75, 3.05) is 5.73 Å². The molecule has 0 saturated heterocycles. The Balaban J connectivity index is 2.34. The van der Waals surface area contributed by atoms with Crippen LogP contribution in [0.1, 0.15) is 31.8 Å². The molecular weight excluding hydrogens is 454 g/mol. The number of benzene rings is 2. The molecule has 0 amide bonds. The molecule has 1 aliphatic rings. The van der Waals surface area contributed by atoms with Crippen molar-refractivity contribution in [2.24, 2.45) is 0 Å². The summed E-state index contributed by atoms with van der Waals surface area (Å²) < 4.78 is 32.3. The number of carbonyl (C=O) groups excluding carboxylic acids is 2. The van der Waals surface area contributed by atoms with Gasteiger partial charge >= 0.3 is 0 Å². The van der Waals surface area contributed by atoms with E-state index in [1.807, 2.05) is 0 Å². The van der Waals surface area contributed by atoms with Gasteiger partial charge in [-0.3, -0.25) is 14.1 Å².